The third kappa shape index (κ3) is 3.75. The number of hydrogen-bond donors (Lipinski definition) is 1. The van der Waals surface area contributed by atoms with Crippen LogP contribution in [0.2, 0.25) is 5.02 Å². The zero-order valence-electron chi connectivity index (χ0n) is 17.4. The van der Waals surface area contributed by atoms with Crippen molar-refractivity contribution in [2.45, 2.75) is 26.3 Å². The van der Waals surface area contributed by atoms with Gasteiger partial charge in [0.15, 0.2) is 0 Å². The molecule has 3 rings (SSSR count). The average molecular weight is 430 g/mol. The number of Topliss-reactive ketones (excluding diaryl/α,β-unsaturated/α-hetero) is 1. The highest BCUT2D eigenvalue weighted by Gasteiger charge is 2.46. The summed E-state index contributed by atoms with van der Waals surface area (Å²) in [6, 6.07) is 9.85. The Hall–Kier alpha value is -2.99. The summed E-state index contributed by atoms with van der Waals surface area (Å²) in [6.45, 7) is 4.25. The summed E-state index contributed by atoms with van der Waals surface area (Å²) in [5.41, 5.74) is 1.97. The molecule has 1 unspecified atom stereocenters. The van der Waals surface area contributed by atoms with Gasteiger partial charge in [-0.2, -0.15) is 0 Å². The van der Waals surface area contributed by atoms with Crippen molar-refractivity contribution in [1.29, 1.82) is 0 Å². The Labute approximate surface area is 180 Å². The normalized spacial score (nSPS) is 18.0. The molecule has 1 aliphatic rings. The second kappa shape index (κ2) is 8.79. The molecule has 1 atom stereocenters. The number of benzene rings is 2. The first-order valence-corrected chi connectivity index (χ1v) is 9.98. The van der Waals surface area contributed by atoms with Crippen LogP contribution >= 0.6 is 11.6 Å². The van der Waals surface area contributed by atoms with Gasteiger partial charge in [0.1, 0.15) is 17.3 Å². The van der Waals surface area contributed by atoms with Crippen molar-refractivity contribution in [2.75, 3.05) is 20.8 Å². The van der Waals surface area contributed by atoms with Crippen LogP contribution in [-0.2, 0) is 9.59 Å². The molecule has 2 aromatic rings. The molecule has 158 valence electrons. The van der Waals surface area contributed by atoms with E-state index in [-0.39, 0.29) is 27.7 Å². The maximum absolute atomic E-state index is 13.0. The van der Waals surface area contributed by atoms with Gasteiger partial charge in [0, 0.05) is 12.6 Å². The van der Waals surface area contributed by atoms with Crippen molar-refractivity contribution in [1.82, 2.24) is 4.90 Å². The lowest BCUT2D eigenvalue weighted by Crippen LogP contribution is -2.30. The van der Waals surface area contributed by atoms with Gasteiger partial charge in [-0.05, 0) is 25.0 Å². The molecule has 6 nitrogen and oxygen atoms in total. The van der Waals surface area contributed by atoms with E-state index in [0.717, 1.165) is 11.1 Å². The number of likely N-dealkylation sites (tertiary alicyclic amines) is 1. The Kier molecular flexibility index (Phi) is 6.37. The molecule has 0 radical (unpaired) electrons. The Balaban J connectivity index is 2.27. The van der Waals surface area contributed by atoms with Gasteiger partial charge >= 0.3 is 0 Å². The van der Waals surface area contributed by atoms with Crippen molar-refractivity contribution < 1.29 is 24.2 Å². The van der Waals surface area contributed by atoms with Crippen LogP contribution in [0.4, 0.5) is 0 Å². The molecule has 7 heteroatoms. The Bertz CT molecular complexity index is 1030. The first kappa shape index (κ1) is 21.7. The van der Waals surface area contributed by atoms with Gasteiger partial charge in [0.25, 0.3) is 11.7 Å². The maximum atomic E-state index is 13.0. The molecule has 30 heavy (non-hydrogen) atoms. The lowest BCUT2D eigenvalue weighted by atomic mass is 9.94. The van der Waals surface area contributed by atoms with Crippen LogP contribution < -0.4 is 9.47 Å². The molecule has 1 amide bonds. The number of rotatable bonds is 6. The number of hydrogen-bond acceptors (Lipinski definition) is 5. The second-order valence-electron chi connectivity index (χ2n) is 7.09. The highest BCUT2D eigenvalue weighted by atomic mass is 35.5. The zero-order valence-corrected chi connectivity index (χ0v) is 18.1. The predicted octanol–water partition coefficient (Wildman–Crippen LogP) is 4.50. The summed E-state index contributed by atoms with van der Waals surface area (Å²) >= 11 is 6.25. The van der Waals surface area contributed by atoms with E-state index in [4.69, 9.17) is 21.1 Å². The third-order valence-corrected chi connectivity index (χ3v) is 5.39. The number of aryl methyl sites for hydroxylation is 1. The summed E-state index contributed by atoms with van der Waals surface area (Å²) < 4.78 is 10.6. The highest BCUT2D eigenvalue weighted by molar-refractivity contribution is 6.46. The summed E-state index contributed by atoms with van der Waals surface area (Å²) in [5.74, 6) is -1.06. The Morgan fingerprint density at radius 1 is 1.13 bits per heavy atom. The van der Waals surface area contributed by atoms with E-state index in [1.54, 1.807) is 0 Å². The fourth-order valence-electron chi connectivity index (χ4n) is 3.73. The Morgan fingerprint density at radius 3 is 2.43 bits per heavy atom. The first-order valence-electron chi connectivity index (χ1n) is 9.60. The maximum Gasteiger partial charge on any atom is 0.295 e. The average Bonchev–Trinajstić information content (AvgIpc) is 2.98. The van der Waals surface area contributed by atoms with Crippen LogP contribution in [0.15, 0.2) is 42.0 Å². The number of halogens is 1. The molecule has 1 fully saturated rings. The molecular formula is C23H24ClNO5. The minimum absolute atomic E-state index is 0.0126. The summed E-state index contributed by atoms with van der Waals surface area (Å²) in [6.07, 6.45) is 0.674. The van der Waals surface area contributed by atoms with Crippen LogP contribution in [0.3, 0.4) is 0 Å². The number of aliphatic hydroxyl groups excluding tert-OH is 1. The standard InChI is InChI=1S/C23H24ClNO5/c1-5-9-25-20(14-8-6-7-13(2)10-14)19(22(27)23(25)28)21(26)15-11-16(24)18(30-4)12-17(15)29-3/h6-8,10-12,20,26H,5,9H2,1-4H3/b21-19+. The second-order valence-corrected chi connectivity index (χ2v) is 7.50. The number of carbonyl (C=O) groups excluding carboxylic acids is 2. The van der Waals surface area contributed by atoms with Crippen LogP contribution in [0, 0.1) is 6.92 Å². The Morgan fingerprint density at radius 2 is 1.83 bits per heavy atom. The molecule has 1 heterocycles. The minimum atomic E-state index is -0.735. The molecule has 1 aliphatic heterocycles. The monoisotopic (exact) mass is 429 g/mol. The molecule has 2 aromatic carbocycles. The lowest BCUT2D eigenvalue weighted by Gasteiger charge is -2.25. The van der Waals surface area contributed by atoms with Gasteiger partial charge in [0.05, 0.1) is 36.4 Å². The van der Waals surface area contributed by atoms with Crippen molar-refractivity contribution in [2.24, 2.45) is 0 Å². The van der Waals surface area contributed by atoms with Crippen molar-refractivity contribution in [3.8, 4) is 11.5 Å². The number of ketones is 1. The smallest absolute Gasteiger partial charge is 0.295 e. The molecule has 1 N–H and O–H groups in total. The first-order chi connectivity index (χ1) is 14.3. The number of amides is 1. The van der Waals surface area contributed by atoms with Gasteiger partial charge in [-0.25, -0.2) is 0 Å². The number of nitrogens with zero attached hydrogens (tertiary/aromatic N) is 1. The van der Waals surface area contributed by atoms with Gasteiger partial charge in [-0.3, -0.25) is 9.59 Å². The van der Waals surface area contributed by atoms with Crippen LogP contribution in [-0.4, -0.2) is 42.5 Å². The quantitative estimate of drug-likeness (QED) is 0.415. The number of carbonyl (C=O) groups is 2. The lowest BCUT2D eigenvalue weighted by molar-refractivity contribution is -0.139. The van der Waals surface area contributed by atoms with Crippen LogP contribution in [0.1, 0.15) is 36.1 Å². The molecule has 0 aliphatic carbocycles. The summed E-state index contributed by atoms with van der Waals surface area (Å²) in [7, 11) is 2.90. The largest absolute Gasteiger partial charge is 0.507 e. The molecule has 0 spiro atoms. The van der Waals surface area contributed by atoms with E-state index in [9.17, 15) is 14.7 Å². The fourth-order valence-corrected chi connectivity index (χ4v) is 3.97. The van der Waals surface area contributed by atoms with E-state index < -0.39 is 17.7 Å². The van der Waals surface area contributed by atoms with Crippen LogP contribution in [0.25, 0.3) is 5.76 Å². The van der Waals surface area contributed by atoms with E-state index >= 15 is 0 Å². The third-order valence-electron chi connectivity index (χ3n) is 5.09. The number of ether oxygens (including phenoxy) is 2. The summed E-state index contributed by atoms with van der Waals surface area (Å²) in [4.78, 5) is 27.3. The van der Waals surface area contributed by atoms with Crippen molar-refractivity contribution >= 4 is 29.1 Å². The van der Waals surface area contributed by atoms with Crippen molar-refractivity contribution in [3.63, 3.8) is 0 Å². The van der Waals surface area contributed by atoms with E-state index in [0.29, 0.717) is 18.7 Å². The SMILES string of the molecule is CCCN1C(=O)C(=O)/C(=C(/O)c2cc(Cl)c(OC)cc2OC)C1c1cccc(C)c1. The van der Waals surface area contributed by atoms with E-state index in [2.05, 4.69) is 0 Å². The topological polar surface area (TPSA) is 76.1 Å². The molecule has 0 aromatic heterocycles. The van der Waals surface area contributed by atoms with Gasteiger partial charge in [-0.1, -0.05) is 48.4 Å². The van der Waals surface area contributed by atoms with Crippen LogP contribution in [0.5, 0.6) is 11.5 Å². The fraction of sp³-hybridized carbons (Fsp3) is 0.304. The van der Waals surface area contributed by atoms with E-state index in [1.165, 1.54) is 31.3 Å². The predicted molar refractivity (Wildman–Crippen MR) is 115 cm³/mol. The van der Waals surface area contributed by atoms with Crippen molar-refractivity contribution in [3.05, 3.63) is 63.7 Å². The molecule has 1 saturated heterocycles. The number of methoxy groups -OCH3 is 2. The van der Waals surface area contributed by atoms with Gasteiger partial charge in [-0.15, -0.1) is 0 Å². The zero-order chi connectivity index (χ0) is 22.0. The van der Waals surface area contributed by atoms with Gasteiger partial charge in [0.2, 0.25) is 0 Å². The summed E-state index contributed by atoms with van der Waals surface area (Å²) in [5, 5.41) is 11.4. The molecule has 0 saturated carbocycles. The highest BCUT2D eigenvalue weighted by Crippen LogP contribution is 2.43. The van der Waals surface area contributed by atoms with E-state index in [1.807, 2.05) is 38.1 Å². The van der Waals surface area contributed by atoms with Gasteiger partial charge < -0.3 is 19.5 Å². The minimum Gasteiger partial charge on any atom is -0.507 e. The molecule has 0 bridgehead atoms. The number of aliphatic hydroxyl groups is 1. The molecular weight excluding hydrogens is 406 g/mol.